The van der Waals surface area contributed by atoms with Crippen molar-refractivity contribution in [3.63, 3.8) is 0 Å². The molecule has 1 N–H and O–H groups in total. The monoisotopic (exact) mass is 325 g/mol. The largest absolute Gasteiger partial charge is 0.484 e. The quantitative estimate of drug-likeness (QED) is 0.737. The van der Waals surface area contributed by atoms with Crippen LogP contribution in [0.2, 0.25) is 0 Å². The molecule has 0 atom stereocenters. The van der Waals surface area contributed by atoms with E-state index in [0.717, 1.165) is 24.2 Å². The molecule has 0 aliphatic rings. The Morgan fingerprint density at radius 1 is 1.12 bits per heavy atom. The average Bonchev–Trinajstić information content (AvgIpc) is 2.57. The number of aryl methyl sites for hydroxylation is 2. The van der Waals surface area contributed by atoms with Gasteiger partial charge in [0, 0.05) is 6.54 Å². The standard InChI is InChI=1S/C21H27NO2/c1-16(2)19-11-9-18(10-12-19)7-5-13-22-21(23)15-24-20-8-4-6-17(3)14-20/h4,6,8-12,14,16H,5,7,13,15H2,1-3H3,(H,22,23). The molecule has 0 saturated heterocycles. The maximum Gasteiger partial charge on any atom is 0.257 e. The zero-order chi connectivity index (χ0) is 17.4. The van der Waals surface area contributed by atoms with Gasteiger partial charge in [0.2, 0.25) is 0 Å². The van der Waals surface area contributed by atoms with Gasteiger partial charge in [-0.2, -0.15) is 0 Å². The highest BCUT2D eigenvalue weighted by atomic mass is 16.5. The predicted octanol–water partition coefficient (Wildman–Crippen LogP) is 4.25. The first-order valence-electron chi connectivity index (χ1n) is 8.59. The van der Waals surface area contributed by atoms with Crippen LogP contribution in [0.1, 0.15) is 42.9 Å². The van der Waals surface area contributed by atoms with E-state index in [1.165, 1.54) is 11.1 Å². The van der Waals surface area contributed by atoms with E-state index in [0.29, 0.717) is 12.5 Å². The molecule has 2 aromatic carbocycles. The SMILES string of the molecule is Cc1cccc(OCC(=O)NCCCc2ccc(C(C)C)cc2)c1. The van der Waals surface area contributed by atoms with E-state index in [1.807, 2.05) is 31.2 Å². The fourth-order valence-electron chi connectivity index (χ4n) is 2.49. The molecule has 0 bridgehead atoms. The highest BCUT2D eigenvalue weighted by Crippen LogP contribution is 2.15. The minimum atomic E-state index is -0.0772. The van der Waals surface area contributed by atoms with Crippen LogP contribution in [0.5, 0.6) is 5.75 Å². The minimum Gasteiger partial charge on any atom is -0.484 e. The normalized spacial score (nSPS) is 10.7. The zero-order valence-electron chi connectivity index (χ0n) is 14.8. The van der Waals surface area contributed by atoms with Crippen molar-refractivity contribution >= 4 is 5.91 Å². The van der Waals surface area contributed by atoms with Gasteiger partial charge in [0.1, 0.15) is 5.75 Å². The Hall–Kier alpha value is -2.29. The molecule has 24 heavy (non-hydrogen) atoms. The van der Waals surface area contributed by atoms with Crippen molar-refractivity contribution in [1.29, 1.82) is 0 Å². The van der Waals surface area contributed by atoms with Crippen LogP contribution in [-0.2, 0) is 11.2 Å². The van der Waals surface area contributed by atoms with E-state index in [4.69, 9.17) is 4.74 Å². The van der Waals surface area contributed by atoms with Crippen molar-refractivity contribution in [2.45, 2.75) is 39.5 Å². The molecular weight excluding hydrogens is 298 g/mol. The number of hydrogen-bond donors (Lipinski definition) is 1. The van der Waals surface area contributed by atoms with Crippen molar-refractivity contribution in [3.8, 4) is 5.75 Å². The fourth-order valence-corrected chi connectivity index (χ4v) is 2.49. The van der Waals surface area contributed by atoms with Crippen molar-refractivity contribution in [1.82, 2.24) is 5.32 Å². The van der Waals surface area contributed by atoms with Gasteiger partial charge in [0.05, 0.1) is 0 Å². The topological polar surface area (TPSA) is 38.3 Å². The lowest BCUT2D eigenvalue weighted by molar-refractivity contribution is -0.123. The Morgan fingerprint density at radius 2 is 1.88 bits per heavy atom. The summed E-state index contributed by atoms with van der Waals surface area (Å²) in [6.45, 7) is 7.13. The minimum absolute atomic E-state index is 0.0620. The van der Waals surface area contributed by atoms with Crippen LogP contribution in [0.15, 0.2) is 48.5 Å². The third-order valence-corrected chi connectivity index (χ3v) is 3.97. The second kappa shape index (κ2) is 9.11. The van der Waals surface area contributed by atoms with Gasteiger partial charge >= 0.3 is 0 Å². The number of rotatable bonds is 8. The molecule has 0 unspecified atom stereocenters. The summed E-state index contributed by atoms with van der Waals surface area (Å²) in [7, 11) is 0. The summed E-state index contributed by atoms with van der Waals surface area (Å²) in [4.78, 5) is 11.8. The molecule has 0 aliphatic heterocycles. The van der Waals surface area contributed by atoms with Gasteiger partial charge in [-0.15, -0.1) is 0 Å². The maximum atomic E-state index is 11.8. The summed E-state index contributed by atoms with van der Waals surface area (Å²) in [6.07, 6.45) is 1.90. The van der Waals surface area contributed by atoms with E-state index in [2.05, 4.69) is 43.4 Å². The third kappa shape index (κ3) is 6.07. The zero-order valence-corrected chi connectivity index (χ0v) is 14.8. The molecular formula is C21H27NO2. The van der Waals surface area contributed by atoms with Crippen LogP contribution in [-0.4, -0.2) is 19.1 Å². The van der Waals surface area contributed by atoms with Crippen molar-refractivity contribution in [2.75, 3.05) is 13.2 Å². The summed E-state index contributed by atoms with van der Waals surface area (Å²) in [5.41, 5.74) is 3.79. The predicted molar refractivity (Wildman–Crippen MR) is 98.5 cm³/mol. The number of amides is 1. The van der Waals surface area contributed by atoms with Gasteiger partial charge in [0.25, 0.3) is 5.91 Å². The molecule has 0 spiro atoms. The summed E-state index contributed by atoms with van der Waals surface area (Å²) in [6, 6.07) is 16.4. The fraction of sp³-hybridized carbons (Fsp3) is 0.381. The first-order chi connectivity index (χ1) is 11.5. The van der Waals surface area contributed by atoms with Gasteiger partial charge in [-0.1, -0.05) is 50.2 Å². The van der Waals surface area contributed by atoms with Gasteiger partial charge < -0.3 is 10.1 Å². The summed E-state index contributed by atoms with van der Waals surface area (Å²) in [5.74, 6) is 1.22. The van der Waals surface area contributed by atoms with E-state index >= 15 is 0 Å². The molecule has 0 aromatic heterocycles. The smallest absolute Gasteiger partial charge is 0.257 e. The number of carbonyl (C=O) groups is 1. The Kier molecular flexibility index (Phi) is 6.86. The van der Waals surface area contributed by atoms with Gasteiger partial charge in [-0.3, -0.25) is 4.79 Å². The molecule has 0 aliphatic carbocycles. The first-order valence-corrected chi connectivity index (χ1v) is 8.59. The lowest BCUT2D eigenvalue weighted by atomic mass is 10.0. The summed E-state index contributed by atoms with van der Waals surface area (Å²) in [5, 5.41) is 2.90. The summed E-state index contributed by atoms with van der Waals surface area (Å²) >= 11 is 0. The molecule has 1 amide bonds. The molecule has 2 aromatic rings. The second-order valence-electron chi connectivity index (χ2n) is 6.45. The van der Waals surface area contributed by atoms with Crippen LogP contribution < -0.4 is 10.1 Å². The van der Waals surface area contributed by atoms with E-state index in [-0.39, 0.29) is 12.5 Å². The van der Waals surface area contributed by atoms with Crippen LogP contribution in [0.3, 0.4) is 0 Å². The summed E-state index contributed by atoms with van der Waals surface area (Å²) < 4.78 is 5.49. The Morgan fingerprint density at radius 3 is 2.54 bits per heavy atom. The van der Waals surface area contributed by atoms with Gasteiger partial charge in [-0.25, -0.2) is 0 Å². The molecule has 3 nitrogen and oxygen atoms in total. The van der Waals surface area contributed by atoms with Crippen LogP contribution in [0.25, 0.3) is 0 Å². The molecule has 0 radical (unpaired) electrons. The number of carbonyl (C=O) groups excluding carboxylic acids is 1. The highest BCUT2D eigenvalue weighted by molar-refractivity contribution is 5.77. The third-order valence-electron chi connectivity index (χ3n) is 3.97. The van der Waals surface area contributed by atoms with Crippen molar-refractivity contribution < 1.29 is 9.53 Å². The lowest BCUT2D eigenvalue weighted by Gasteiger charge is -2.09. The molecule has 2 rings (SSSR count). The Labute approximate surface area is 145 Å². The molecule has 128 valence electrons. The Balaban J connectivity index is 1.64. The van der Waals surface area contributed by atoms with Crippen LogP contribution in [0, 0.1) is 6.92 Å². The van der Waals surface area contributed by atoms with E-state index < -0.39 is 0 Å². The lowest BCUT2D eigenvalue weighted by Crippen LogP contribution is -2.29. The highest BCUT2D eigenvalue weighted by Gasteiger charge is 2.03. The Bertz CT molecular complexity index is 647. The number of ether oxygens (including phenoxy) is 1. The van der Waals surface area contributed by atoms with Crippen molar-refractivity contribution in [2.24, 2.45) is 0 Å². The number of benzene rings is 2. The van der Waals surface area contributed by atoms with Crippen LogP contribution in [0.4, 0.5) is 0 Å². The molecule has 0 fully saturated rings. The van der Waals surface area contributed by atoms with Crippen molar-refractivity contribution in [3.05, 3.63) is 65.2 Å². The molecule has 0 heterocycles. The van der Waals surface area contributed by atoms with Gasteiger partial charge in [-0.05, 0) is 54.5 Å². The number of hydrogen-bond acceptors (Lipinski definition) is 2. The second-order valence-corrected chi connectivity index (χ2v) is 6.45. The average molecular weight is 325 g/mol. The maximum absolute atomic E-state index is 11.8. The van der Waals surface area contributed by atoms with E-state index in [9.17, 15) is 4.79 Å². The van der Waals surface area contributed by atoms with E-state index in [1.54, 1.807) is 0 Å². The molecule has 3 heteroatoms. The number of nitrogens with one attached hydrogen (secondary N) is 1. The first kappa shape index (κ1) is 18.1. The van der Waals surface area contributed by atoms with Gasteiger partial charge in [0.15, 0.2) is 6.61 Å². The molecule has 0 saturated carbocycles. The van der Waals surface area contributed by atoms with Crippen LogP contribution >= 0.6 is 0 Å².